The van der Waals surface area contributed by atoms with Crippen molar-refractivity contribution in [3.05, 3.63) is 72.3 Å². The van der Waals surface area contributed by atoms with Crippen LogP contribution in [-0.2, 0) is 16.1 Å². The zero-order valence-corrected chi connectivity index (χ0v) is 17.4. The second-order valence-electron chi connectivity index (χ2n) is 7.08. The number of rotatable bonds is 10. The fraction of sp³-hybridized carbons (Fsp3) is 0.304. The lowest BCUT2D eigenvalue weighted by Gasteiger charge is -2.21. The van der Waals surface area contributed by atoms with Gasteiger partial charge in [-0.15, -0.1) is 0 Å². The Hall–Kier alpha value is -3.12. The lowest BCUT2D eigenvalue weighted by atomic mass is 10.2. The highest BCUT2D eigenvalue weighted by atomic mass is 16.5. The van der Waals surface area contributed by atoms with E-state index in [-0.39, 0.29) is 24.9 Å². The molecule has 0 aliphatic rings. The predicted octanol–water partition coefficient (Wildman–Crippen LogP) is 3.09. The third kappa shape index (κ3) is 7.79. The standard InChI is InChI=1S/C23H29N3O3/c1-5-14-29-21-12-8-19(9-13-21)15-25(3)17-23(28)26(4)16-22(27)24-20-10-6-18(2)7-11-20/h5-13H,1,14-17H2,2-4H3,(H,24,27). The summed E-state index contributed by atoms with van der Waals surface area (Å²) in [5, 5.41) is 2.80. The summed E-state index contributed by atoms with van der Waals surface area (Å²) in [5.74, 6) is 0.451. The SMILES string of the molecule is C=CCOc1ccc(CN(C)CC(=O)N(C)CC(=O)Nc2ccc(C)cc2)cc1. The second-order valence-corrected chi connectivity index (χ2v) is 7.08. The Morgan fingerprint density at radius 3 is 2.31 bits per heavy atom. The van der Waals surface area contributed by atoms with Gasteiger partial charge in [-0.1, -0.05) is 42.5 Å². The van der Waals surface area contributed by atoms with Crippen molar-refractivity contribution in [2.24, 2.45) is 0 Å². The van der Waals surface area contributed by atoms with Crippen molar-refractivity contribution in [3.8, 4) is 5.75 Å². The van der Waals surface area contributed by atoms with Crippen molar-refractivity contribution in [3.63, 3.8) is 0 Å². The number of hydrogen-bond acceptors (Lipinski definition) is 4. The predicted molar refractivity (Wildman–Crippen MR) is 116 cm³/mol. The molecule has 0 radical (unpaired) electrons. The molecule has 0 aliphatic carbocycles. The van der Waals surface area contributed by atoms with Crippen LogP contribution in [0.3, 0.4) is 0 Å². The van der Waals surface area contributed by atoms with Crippen LogP contribution in [0.15, 0.2) is 61.2 Å². The molecule has 0 atom stereocenters. The van der Waals surface area contributed by atoms with Crippen molar-refractivity contribution in [1.29, 1.82) is 0 Å². The maximum Gasteiger partial charge on any atom is 0.243 e. The largest absolute Gasteiger partial charge is 0.490 e. The van der Waals surface area contributed by atoms with Gasteiger partial charge in [0.05, 0.1) is 13.1 Å². The Labute approximate surface area is 172 Å². The zero-order chi connectivity index (χ0) is 21.2. The summed E-state index contributed by atoms with van der Waals surface area (Å²) >= 11 is 0. The molecule has 0 fully saturated rings. The molecule has 2 rings (SSSR count). The van der Waals surface area contributed by atoms with E-state index in [0.717, 1.165) is 22.6 Å². The van der Waals surface area contributed by atoms with Crippen LogP contribution in [0.1, 0.15) is 11.1 Å². The first-order chi connectivity index (χ1) is 13.9. The van der Waals surface area contributed by atoms with Gasteiger partial charge in [0, 0.05) is 19.3 Å². The molecule has 6 nitrogen and oxygen atoms in total. The van der Waals surface area contributed by atoms with E-state index in [2.05, 4.69) is 11.9 Å². The third-order valence-electron chi connectivity index (χ3n) is 4.29. The van der Waals surface area contributed by atoms with Crippen LogP contribution in [0.5, 0.6) is 5.75 Å². The number of anilines is 1. The first-order valence-corrected chi connectivity index (χ1v) is 9.49. The summed E-state index contributed by atoms with van der Waals surface area (Å²) in [4.78, 5) is 27.9. The molecule has 0 heterocycles. The fourth-order valence-electron chi connectivity index (χ4n) is 2.71. The molecule has 2 aromatic carbocycles. The van der Waals surface area contributed by atoms with Crippen molar-refractivity contribution in [2.45, 2.75) is 13.5 Å². The molecular weight excluding hydrogens is 366 g/mol. The number of hydrogen-bond donors (Lipinski definition) is 1. The average molecular weight is 396 g/mol. The minimum Gasteiger partial charge on any atom is -0.490 e. The number of amides is 2. The summed E-state index contributed by atoms with van der Waals surface area (Å²) < 4.78 is 5.47. The normalized spacial score (nSPS) is 10.5. The first-order valence-electron chi connectivity index (χ1n) is 9.49. The van der Waals surface area contributed by atoms with Gasteiger partial charge in [0.15, 0.2) is 0 Å². The van der Waals surface area contributed by atoms with Gasteiger partial charge in [0.2, 0.25) is 11.8 Å². The van der Waals surface area contributed by atoms with E-state index < -0.39 is 0 Å². The Morgan fingerprint density at radius 2 is 1.69 bits per heavy atom. The molecule has 0 unspecified atom stereocenters. The van der Waals surface area contributed by atoms with E-state index in [1.54, 1.807) is 13.1 Å². The van der Waals surface area contributed by atoms with Crippen LogP contribution in [0, 0.1) is 6.92 Å². The van der Waals surface area contributed by atoms with E-state index in [0.29, 0.717) is 13.2 Å². The molecule has 0 bridgehead atoms. The Balaban J connectivity index is 1.78. The Morgan fingerprint density at radius 1 is 1.03 bits per heavy atom. The molecule has 0 saturated heterocycles. The smallest absolute Gasteiger partial charge is 0.243 e. The zero-order valence-electron chi connectivity index (χ0n) is 17.4. The molecule has 2 amide bonds. The minimum atomic E-state index is -0.220. The van der Waals surface area contributed by atoms with Gasteiger partial charge < -0.3 is 15.0 Å². The van der Waals surface area contributed by atoms with E-state index >= 15 is 0 Å². The van der Waals surface area contributed by atoms with Gasteiger partial charge in [0.25, 0.3) is 0 Å². The van der Waals surface area contributed by atoms with Gasteiger partial charge in [-0.3, -0.25) is 14.5 Å². The van der Waals surface area contributed by atoms with Crippen LogP contribution in [-0.4, -0.2) is 55.4 Å². The van der Waals surface area contributed by atoms with Gasteiger partial charge in [-0.2, -0.15) is 0 Å². The minimum absolute atomic E-state index is 0.00981. The van der Waals surface area contributed by atoms with E-state index in [1.807, 2.05) is 67.4 Å². The quantitative estimate of drug-likeness (QED) is 0.628. The topological polar surface area (TPSA) is 61.9 Å². The van der Waals surface area contributed by atoms with Crippen molar-refractivity contribution < 1.29 is 14.3 Å². The number of ether oxygens (including phenoxy) is 1. The summed E-state index contributed by atoms with van der Waals surface area (Å²) in [6.45, 7) is 6.94. The third-order valence-corrected chi connectivity index (χ3v) is 4.29. The number of benzene rings is 2. The van der Waals surface area contributed by atoms with Gasteiger partial charge in [0.1, 0.15) is 12.4 Å². The molecule has 0 aliphatic heterocycles. The van der Waals surface area contributed by atoms with Crippen molar-refractivity contribution in [1.82, 2.24) is 9.80 Å². The first kappa shape index (κ1) is 22.2. The maximum absolute atomic E-state index is 12.4. The monoisotopic (exact) mass is 395 g/mol. The van der Waals surface area contributed by atoms with Crippen molar-refractivity contribution in [2.75, 3.05) is 39.1 Å². The summed E-state index contributed by atoms with van der Waals surface area (Å²) in [5.41, 5.74) is 2.92. The van der Waals surface area contributed by atoms with Crippen LogP contribution in [0.25, 0.3) is 0 Å². The molecule has 0 spiro atoms. The van der Waals surface area contributed by atoms with Crippen LogP contribution in [0.4, 0.5) is 5.69 Å². The van der Waals surface area contributed by atoms with E-state index in [9.17, 15) is 9.59 Å². The second kappa shape index (κ2) is 11.0. The van der Waals surface area contributed by atoms with Gasteiger partial charge in [-0.25, -0.2) is 0 Å². The number of carbonyl (C=O) groups is 2. The molecule has 1 N–H and O–H groups in total. The van der Waals surface area contributed by atoms with Gasteiger partial charge in [-0.05, 0) is 43.8 Å². The van der Waals surface area contributed by atoms with Crippen LogP contribution < -0.4 is 10.1 Å². The number of nitrogens with zero attached hydrogens (tertiary/aromatic N) is 2. The molecule has 154 valence electrons. The fourth-order valence-corrected chi connectivity index (χ4v) is 2.71. The molecule has 6 heteroatoms. The summed E-state index contributed by atoms with van der Waals surface area (Å²) in [7, 11) is 3.51. The summed E-state index contributed by atoms with van der Waals surface area (Å²) in [6.07, 6.45) is 1.70. The highest BCUT2D eigenvalue weighted by molar-refractivity contribution is 5.94. The Bertz CT molecular complexity index is 816. The average Bonchev–Trinajstić information content (AvgIpc) is 2.69. The van der Waals surface area contributed by atoms with Crippen LogP contribution >= 0.6 is 0 Å². The maximum atomic E-state index is 12.4. The molecular formula is C23H29N3O3. The highest BCUT2D eigenvalue weighted by Gasteiger charge is 2.15. The molecule has 0 saturated carbocycles. The molecule has 0 aromatic heterocycles. The van der Waals surface area contributed by atoms with Gasteiger partial charge >= 0.3 is 0 Å². The molecule has 2 aromatic rings. The number of aryl methyl sites for hydroxylation is 1. The number of nitrogens with one attached hydrogen (secondary N) is 1. The van der Waals surface area contributed by atoms with Crippen LogP contribution in [0.2, 0.25) is 0 Å². The number of likely N-dealkylation sites (N-methyl/N-ethyl adjacent to an activating group) is 2. The summed E-state index contributed by atoms with van der Waals surface area (Å²) in [6, 6.07) is 15.3. The van der Waals surface area contributed by atoms with Crippen molar-refractivity contribution >= 4 is 17.5 Å². The lowest BCUT2D eigenvalue weighted by molar-refractivity contribution is -0.134. The van der Waals surface area contributed by atoms with E-state index in [4.69, 9.17) is 4.74 Å². The lowest BCUT2D eigenvalue weighted by Crippen LogP contribution is -2.40. The highest BCUT2D eigenvalue weighted by Crippen LogP contribution is 2.13. The molecule has 29 heavy (non-hydrogen) atoms. The van der Waals surface area contributed by atoms with E-state index in [1.165, 1.54) is 4.90 Å². The Kier molecular flexibility index (Phi) is 8.43. The number of carbonyl (C=O) groups excluding carboxylic acids is 2.